The average molecular weight is 644 g/mol. The van der Waals surface area contributed by atoms with Gasteiger partial charge in [-0.05, 0) is 101 Å². The molecule has 3 aromatic rings. The van der Waals surface area contributed by atoms with Gasteiger partial charge in [-0.1, -0.05) is 72.4 Å². The summed E-state index contributed by atoms with van der Waals surface area (Å²) < 4.78 is 13.1. The number of ether oxygens (including phenoxy) is 1. The molecule has 3 aromatic carbocycles. The Balaban J connectivity index is 1.28. The Bertz CT molecular complexity index is 1590. The van der Waals surface area contributed by atoms with E-state index in [-0.39, 0.29) is 17.7 Å². The Morgan fingerprint density at radius 2 is 1.56 bits per heavy atom. The van der Waals surface area contributed by atoms with Gasteiger partial charge in [-0.3, -0.25) is 0 Å². The van der Waals surface area contributed by atoms with Crippen molar-refractivity contribution < 1.29 is 14.0 Å². The number of anilines is 4. The van der Waals surface area contributed by atoms with Crippen molar-refractivity contribution in [3.63, 3.8) is 0 Å². The van der Waals surface area contributed by atoms with E-state index in [4.69, 9.17) is 9.16 Å². The first-order chi connectivity index (χ1) is 21.4. The number of nitrogens with one attached hydrogen (secondary N) is 2. The van der Waals surface area contributed by atoms with Crippen molar-refractivity contribution in [1.82, 2.24) is 0 Å². The standard InChI is InChI=1S/C37H49N3O3SSi/c1-23(2)45(24(3)4,37(6,7)8)43-27-15-13-26(14-16-27)22-42-36(41)40-31-18-17-30-28(11-9-19-38-30)34(31)44-35-29-12-10-20-39-33(29)25(5)21-32(35)40/h13-18,21,23-24,38-39H,9-12,19-20,22H2,1-8H3. The van der Waals surface area contributed by atoms with Gasteiger partial charge in [0.05, 0.1) is 11.4 Å². The molecule has 0 aliphatic carbocycles. The predicted molar refractivity (Wildman–Crippen MR) is 190 cm³/mol. The molecule has 0 saturated heterocycles. The number of amides is 1. The van der Waals surface area contributed by atoms with Crippen LogP contribution in [-0.2, 0) is 24.2 Å². The van der Waals surface area contributed by atoms with Crippen LogP contribution in [0.15, 0.2) is 52.3 Å². The lowest BCUT2D eigenvalue weighted by atomic mass is 9.97. The molecule has 0 spiro atoms. The van der Waals surface area contributed by atoms with Gasteiger partial charge in [-0.2, -0.15) is 0 Å². The van der Waals surface area contributed by atoms with Gasteiger partial charge in [0.1, 0.15) is 12.4 Å². The van der Waals surface area contributed by atoms with Gasteiger partial charge in [-0.25, -0.2) is 9.69 Å². The summed E-state index contributed by atoms with van der Waals surface area (Å²) in [5, 5.41) is 7.29. The van der Waals surface area contributed by atoms with Crippen LogP contribution < -0.4 is 20.0 Å². The Hall–Kier alpha value is -3.10. The number of aryl methyl sites for hydroxylation is 1. The monoisotopic (exact) mass is 643 g/mol. The third kappa shape index (κ3) is 5.62. The lowest BCUT2D eigenvalue weighted by Gasteiger charge is -2.48. The third-order valence-electron chi connectivity index (χ3n) is 9.95. The summed E-state index contributed by atoms with van der Waals surface area (Å²) in [6.45, 7) is 20.5. The molecule has 0 bridgehead atoms. The van der Waals surface area contributed by atoms with E-state index < -0.39 is 8.32 Å². The van der Waals surface area contributed by atoms with Gasteiger partial charge >= 0.3 is 6.09 Å². The largest absolute Gasteiger partial charge is 0.542 e. The molecule has 0 unspecified atom stereocenters. The van der Waals surface area contributed by atoms with Crippen LogP contribution in [0, 0.1) is 6.92 Å². The molecule has 45 heavy (non-hydrogen) atoms. The van der Waals surface area contributed by atoms with Crippen molar-refractivity contribution in [3.8, 4) is 5.75 Å². The summed E-state index contributed by atoms with van der Waals surface area (Å²) in [5.74, 6) is 0.900. The maximum Gasteiger partial charge on any atom is 0.419 e. The molecular weight excluding hydrogens is 595 g/mol. The molecule has 0 aromatic heterocycles. The minimum atomic E-state index is -2.17. The van der Waals surface area contributed by atoms with Crippen molar-refractivity contribution in [2.24, 2.45) is 0 Å². The summed E-state index contributed by atoms with van der Waals surface area (Å²) in [5.41, 5.74) is 9.92. The zero-order valence-corrected chi connectivity index (χ0v) is 30.0. The zero-order valence-electron chi connectivity index (χ0n) is 28.2. The summed E-state index contributed by atoms with van der Waals surface area (Å²) >= 11 is 1.83. The number of rotatable bonds is 6. The van der Waals surface area contributed by atoms with Crippen molar-refractivity contribution in [1.29, 1.82) is 0 Å². The molecule has 3 aliphatic rings. The quantitative estimate of drug-likeness (QED) is 0.261. The maximum absolute atomic E-state index is 14.1. The minimum Gasteiger partial charge on any atom is -0.542 e. The maximum atomic E-state index is 14.1. The van der Waals surface area contributed by atoms with E-state index in [0.29, 0.717) is 11.1 Å². The second-order valence-corrected chi connectivity index (χ2v) is 21.1. The lowest BCUT2D eigenvalue weighted by Crippen LogP contribution is -2.55. The topological polar surface area (TPSA) is 62.8 Å². The van der Waals surface area contributed by atoms with E-state index in [2.05, 4.69) is 84.2 Å². The molecule has 3 heterocycles. The second kappa shape index (κ2) is 12.3. The third-order valence-corrected chi connectivity index (χ3v) is 17.6. The first-order valence-electron chi connectivity index (χ1n) is 16.6. The van der Waals surface area contributed by atoms with Gasteiger partial charge in [0.15, 0.2) is 0 Å². The van der Waals surface area contributed by atoms with Crippen LogP contribution in [0.3, 0.4) is 0 Å². The van der Waals surface area contributed by atoms with Crippen LogP contribution in [0.5, 0.6) is 5.75 Å². The van der Waals surface area contributed by atoms with E-state index in [1.807, 2.05) is 40.9 Å². The van der Waals surface area contributed by atoms with Crippen LogP contribution in [0.1, 0.15) is 83.6 Å². The predicted octanol–water partition coefficient (Wildman–Crippen LogP) is 10.6. The molecule has 8 heteroatoms. The SMILES string of the molecule is Cc1cc2c(c3c1NCCC3)Sc1c(ccc3c1CCCN3)N2C(=O)OCc1ccc(O[Si](C(C)C)(C(C)C)C(C)(C)C)cc1. The molecule has 240 valence electrons. The molecule has 6 nitrogen and oxygen atoms in total. The van der Waals surface area contributed by atoms with Crippen LogP contribution in [0.4, 0.5) is 27.5 Å². The van der Waals surface area contributed by atoms with Crippen molar-refractivity contribution in [2.75, 3.05) is 28.6 Å². The molecule has 3 aliphatic heterocycles. The highest BCUT2D eigenvalue weighted by Gasteiger charge is 2.53. The van der Waals surface area contributed by atoms with Crippen molar-refractivity contribution in [2.45, 2.75) is 114 Å². The minimum absolute atomic E-state index is 0.0891. The van der Waals surface area contributed by atoms with Gasteiger partial charge < -0.3 is 19.8 Å². The number of hydrogen-bond donors (Lipinski definition) is 2. The van der Waals surface area contributed by atoms with Crippen LogP contribution in [0.2, 0.25) is 16.1 Å². The molecule has 1 amide bonds. The number of hydrogen-bond acceptors (Lipinski definition) is 6. The van der Waals surface area contributed by atoms with E-state index in [9.17, 15) is 4.79 Å². The lowest BCUT2D eigenvalue weighted by molar-refractivity contribution is 0.149. The number of carbonyl (C=O) groups excluding carboxylic acids is 1. The van der Waals surface area contributed by atoms with Crippen molar-refractivity contribution in [3.05, 3.63) is 64.7 Å². The molecule has 0 fully saturated rings. The van der Waals surface area contributed by atoms with E-state index in [0.717, 1.165) is 67.0 Å². The Labute approximate surface area is 274 Å². The average Bonchev–Trinajstić information content (AvgIpc) is 3.01. The second-order valence-electron chi connectivity index (χ2n) is 14.5. The first-order valence-corrected chi connectivity index (χ1v) is 19.5. The summed E-state index contributed by atoms with van der Waals surface area (Å²) in [6, 6.07) is 14.5. The van der Waals surface area contributed by atoms with E-state index in [1.54, 1.807) is 0 Å². The normalized spacial score (nSPS) is 15.8. The van der Waals surface area contributed by atoms with Crippen molar-refractivity contribution >= 4 is 48.9 Å². The van der Waals surface area contributed by atoms with Gasteiger partial charge in [0.2, 0.25) is 0 Å². The number of benzene rings is 3. The number of carbonyl (C=O) groups is 1. The fourth-order valence-electron chi connectivity index (χ4n) is 8.17. The van der Waals surface area contributed by atoms with Crippen LogP contribution >= 0.6 is 11.8 Å². The molecule has 0 saturated carbocycles. The summed E-state index contributed by atoms with van der Waals surface area (Å²) in [7, 11) is -2.17. The first kappa shape index (κ1) is 31.9. The van der Waals surface area contributed by atoms with Gasteiger partial charge in [0.25, 0.3) is 8.32 Å². The Morgan fingerprint density at radius 3 is 2.22 bits per heavy atom. The molecule has 2 N–H and O–H groups in total. The fraction of sp³-hybridized carbons (Fsp3) is 0.486. The van der Waals surface area contributed by atoms with E-state index in [1.165, 1.54) is 32.3 Å². The molecular formula is C37H49N3O3SSi. The van der Waals surface area contributed by atoms with E-state index >= 15 is 0 Å². The summed E-state index contributed by atoms with van der Waals surface area (Å²) in [6.07, 6.45) is 3.84. The molecule has 0 radical (unpaired) electrons. The highest BCUT2D eigenvalue weighted by Crippen LogP contribution is 2.55. The van der Waals surface area contributed by atoms with Crippen LogP contribution in [0.25, 0.3) is 0 Å². The fourth-order valence-corrected chi connectivity index (χ4v) is 15.7. The smallest absolute Gasteiger partial charge is 0.419 e. The Morgan fingerprint density at radius 1 is 0.911 bits per heavy atom. The molecule has 6 rings (SSSR count). The summed E-state index contributed by atoms with van der Waals surface area (Å²) in [4.78, 5) is 18.3. The van der Waals surface area contributed by atoms with Gasteiger partial charge in [0, 0.05) is 34.3 Å². The Kier molecular flexibility index (Phi) is 8.67. The highest BCUT2D eigenvalue weighted by atomic mass is 32.2. The molecule has 0 atom stereocenters. The van der Waals surface area contributed by atoms with Gasteiger partial charge in [-0.15, -0.1) is 0 Å². The highest BCUT2D eigenvalue weighted by molar-refractivity contribution is 8.00. The number of fused-ring (bicyclic) bond motifs is 6. The zero-order chi connectivity index (χ0) is 32.1. The van der Waals surface area contributed by atoms with Crippen LogP contribution in [-0.4, -0.2) is 27.5 Å². The number of nitrogens with zero attached hydrogens (tertiary/aromatic N) is 1.